The lowest BCUT2D eigenvalue weighted by Gasteiger charge is -2.24. The number of aromatic nitrogens is 1. The van der Waals surface area contributed by atoms with Gasteiger partial charge in [0.15, 0.2) is 0 Å². The van der Waals surface area contributed by atoms with Gasteiger partial charge in [0.25, 0.3) is 10.0 Å². The zero-order chi connectivity index (χ0) is 20.8. The Morgan fingerprint density at radius 1 is 0.897 bits per heavy atom. The van der Waals surface area contributed by atoms with Gasteiger partial charge in [0.2, 0.25) is 0 Å². The molecule has 1 fully saturated rings. The fourth-order valence-corrected chi connectivity index (χ4v) is 5.27. The average molecular weight is 411 g/mol. The quantitative estimate of drug-likeness (QED) is 0.602. The third-order valence-electron chi connectivity index (χ3n) is 5.45. The first-order valence-electron chi connectivity index (χ1n) is 10.0. The maximum Gasteiger partial charge on any atom is 0.494 e. The fraction of sp³-hybridized carbons (Fsp3) is 0.364. The summed E-state index contributed by atoms with van der Waals surface area (Å²) in [5, 5.41) is 0.836. The van der Waals surface area contributed by atoms with Gasteiger partial charge in [-0.2, -0.15) is 0 Å². The van der Waals surface area contributed by atoms with E-state index in [0.717, 1.165) is 10.8 Å². The second-order valence-corrected chi connectivity index (χ2v) is 10.1. The first-order chi connectivity index (χ1) is 13.8. The molecule has 0 spiro atoms. The molecule has 152 valence electrons. The Labute approximate surface area is 172 Å². The molecule has 4 rings (SSSR count). The summed E-state index contributed by atoms with van der Waals surface area (Å²) in [5.41, 5.74) is 1.54. The molecule has 3 aromatic rings. The lowest BCUT2D eigenvalue weighted by molar-refractivity contribution is 0.0815. The molecule has 2 atom stereocenters. The standard InChI is InChI=1S/C22H26BNO4S/c1-15(2)21-22(16(3)4)28-23(27-21)18-10-11-20-17(14-18)12-13-24(20)29(25,26)19-8-6-5-7-9-19/h5-16,21-22H,1-4H3. The largest absolute Gasteiger partial charge is 0.494 e. The highest BCUT2D eigenvalue weighted by Crippen LogP contribution is 2.29. The highest BCUT2D eigenvalue weighted by atomic mass is 32.2. The predicted octanol–water partition coefficient (Wildman–Crippen LogP) is 3.67. The summed E-state index contributed by atoms with van der Waals surface area (Å²) in [4.78, 5) is 0.267. The zero-order valence-corrected chi connectivity index (χ0v) is 18.0. The lowest BCUT2D eigenvalue weighted by atomic mass is 9.79. The molecule has 2 unspecified atom stereocenters. The smallest absolute Gasteiger partial charge is 0.402 e. The van der Waals surface area contributed by atoms with Crippen LogP contribution < -0.4 is 5.46 Å². The minimum atomic E-state index is -3.64. The Morgan fingerprint density at radius 2 is 1.52 bits per heavy atom. The van der Waals surface area contributed by atoms with Gasteiger partial charge in [0.05, 0.1) is 22.6 Å². The van der Waals surface area contributed by atoms with Crippen LogP contribution in [-0.4, -0.2) is 31.7 Å². The molecule has 1 aromatic heterocycles. The van der Waals surface area contributed by atoms with Crippen LogP contribution in [0.3, 0.4) is 0 Å². The first kappa shape index (κ1) is 20.2. The van der Waals surface area contributed by atoms with Gasteiger partial charge < -0.3 is 9.31 Å². The summed E-state index contributed by atoms with van der Waals surface area (Å²) >= 11 is 0. The van der Waals surface area contributed by atoms with Crippen molar-refractivity contribution >= 4 is 33.5 Å². The molecule has 0 aliphatic carbocycles. The van der Waals surface area contributed by atoms with E-state index in [1.54, 1.807) is 36.5 Å². The third kappa shape index (κ3) is 3.63. The Morgan fingerprint density at radius 3 is 2.10 bits per heavy atom. The maximum atomic E-state index is 13.0. The Bertz CT molecular complexity index is 1090. The van der Waals surface area contributed by atoms with E-state index < -0.39 is 17.1 Å². The SMILES string of the molecule is CC(C)C1OB(c2ccc3c(ccn3S(=O)(=O)c3ccccc3)c2)OC1C(C)C. The van der Waals surface area contributed by atoms with Gasteiger partial charge in [0.1, 0.15) is 0 Å². The highest BCUT2D eigenvalue weighted by Gasteiger charge is 2.43. The van der Waals surface area contributed by atoms with Crippen molar-refractivity contribution in [1.29, 1.82) is 0 Å². The third-order valence-corrected chi connectivity index (χ3v) is 7.15. The molecular weight excluding hydrogens is 385 g/mol. The van der Waals surface area contributed by atoms with E-state index in [2.05, 4.69) is 27.7 Å². The van der Waals surface area contributed by atoms with Crippen molar-refractivity contribution in [2.75, 3.05) is 0 Å². The van der Waals surface area contributed by atoms with Crippen molar-refractivity contribution in [3.05, 3.63) is 60.8 Å². The number of rotatable bonds is 5. The van der Waals surface area contributed by atoms with E-state index in [0.29, 0.717) is 17.4 Å². The van der Waals surface area contributed by atoms with E-state index in [9.17, 15) is 8.42 Å². The minimum Gasteiger partial charge on any atom is -0.402 e. The van der Waals surface area contributed by atoms with Crippen molar-refractivity contribution in [3.8, 4) is 0 Å². The normalized spacial score (nSPS) is 20.3. The summed E-state index contributed by atoms with van der Waals surface area (Å²) in [6.07, 6.45) is 1.68. The molecule has 2 aromatic carbocycles. The van der Waals surface area contributed by atoms with Crippen LogP contribution in [0.1, 0.15) is 27.7 Å². The number of hydrogen-bond donors (Lipinski definition) is 0. The number of hydrogen-bond acceptors (Lipinski definition) is 4. The van der Waals surface area contributed by atoms with E-state index in [4.69, 9.17) is 9.31 Å². The molecule has 2 heterocycles. The van der Waals surface area contributed by atoms with Gasteiger partial charge in [-0.15, -0.1) is 0 Å². The lowest BCUT2D eigenvalue weighted by Crippen LogP contribution is -2.33. The molecule has 0 bridgehead atoms. The van der Waals surface area contributed by atoms with Crippen molar-refractivity contribution in [3.63, 3.8) is 0 Å². The number of fused-ring (bicyclic) bond motifs is 1. The van der Waals surface area contributed by atoms with E-state index in [1.807, 2.05) is 24.3 Å². The number of benzene rings is 2. The van der Waals surface area contributed by atoms with Gasteiger partial charge in [-0.3, -0.25) is 0 Å². The van der Waals surface area contributed by atoms with Crippen molar-refractivity contribution in [2.24, 2.45) is 11.8 Å². The molecule has 0 N–H and O–H groups in total. The predicted molar refractivity (Wildman–Crippen MR) is 116 cm³/mol. The van der Waals surface area contributed by atoms with Crippen LogP contribution in [0, 0.1) is 11.8 Å². The maximum absolute atomic E-state index is 13.0. The van der Waals surface area contributed by atoms with Gasteiger partial charge >= 0.3 is 7.12 Å². The first-order valence-corrected chi connectivity index (χ1v) is 11.5. The summed E-state index contributed by atoms with van der Waals surface area (Å²) < 4.78 is 39.8. The van der Waals surface area contributed by atoms with Crippen LogP contribution in [0.15, 0.2) is 65.7 Å². The van der Waals surface area contributed by atoms with Crippen LogP contribution in [-0.2, 0) is 19.3 Å². The van der Waals surface area contributed by atoms with Gasteiger partial charge in [-0.05, 0) is 41.6 Å². The van der Waals surface area contributed by atoms with Crippen molar-refractivity contribution in [2.45, 2.75) is 44.8 Å². The van der Waals surface area contributed by atoms with Gasteiger partial charge in [-0.1, -0.05) is 58.0 Å². The van der Waals surface area contributed by atoms with Crippen LogP contribution in [0.2, 0.25) is 0 Å². The summed E-state index contributed by atoms with van der Waals surface area (Å²) in [5.74, 6) is 0.710. The Hall–Kier alpha value is -2.09. The molecule has 29 heavy (non-hydrogen) atoms. The molecule has 1 saturated heterocycles. The van der Waals surface area contributed by atoms with Crippen molar-refractivity contribution < 1.29 is 17.7 Å². The molecule has 7 heteroatoms. The van der Waals surface area contributed by atoms with Crippen LogP contribution in [0.5, 0.6) is 0 Å². The second-order valence-electron chi connectivity index (χ2n) is 8.27. The molecular formula is C22H26BNO4S. The van der Waals surface area contributed by atoms with Crippen LogP contribution in [0.4, 0.5) is 0 Å². The monoisotopic (exact) mass is 411 g/mol. The molecule has 0 saturated carbocycles. The molecule has 0 radical (unpaired) electrons. The van der Waals surface area contributed by atoms with Gasteiger partial charge in [-0.25, -0.2) is 12.4 Å². The van der Waals surface area contributed by atoms with Crippen molar-refractivity contribution in [1.82, 2.24) is 3.97 Å². The van der Waals surface area contributed by atoms with E-state index >= 15 is 0 Å². The van der Waals surface area contributed by atoms with Crippen LogP contribution >= 0.6 is 0 Å². The van der Waals surface area contributed by atoms with Crippen LogP contribution in [0.25, 0.3) is 10.9 Å². The fourth-order valence-electron chi connectivity index (χ4n) is 3.90. The number of nitrogens with zero attached hydrogens (tertiary/aromatic N) is 1. The molecule has 5 nitrogen and oxygen atoms in total. The molecule has 1 aliphatic heterocycles. The summed E-state index contributed by atoms with van der Waals surface area (Å²) in [7, 11) is -4.08. The van der Waals surface area contributed by atoms with Gasteiger partial charge in [0, 0.05) is 11.6 Å². The summed E-state index contributed by atoms with van der Waals surface area (Å²) in [6.45, 7) is 8.57. The molecule has 1 aliphatic rings. The second kappa shape index (κ2) is 7.63. The highest BCUT2D eigenvalue weighted by molar-refractivity contribution is 7.90. The summed E-state index contributed by atoms with van der Waals surface area (Å²) in [6, 6.07) is 15.9. The van der Waals surface area contributed by atoms with E-state index in [-0.39, 0.29) is 17.1 Å². The zero-order valence-electron chi connectivity index (χ0n) is 17.1. The van der Waals surface area contributed by atoms with E-state index in [1.165, 1.54) is 3.97 Å². The Kier molecular flexibility index (Phi) is 5.31. The molecule has 0 amide bonds. The average Bonchev–Trinajstić information content (AvgIpc) is 3.33. The Balaban J connectivity index is 1.68. The topological polar surface area (TPSA) is 57.5 Å². The minimum absolute atomic E-state index is 0.0405.